The van der Waals surface area contributed by atoms with Crippen LogP contribution in [-0.4, -0.2) is 55.6 Å². The molecule has 1 aromatic carbocycles. The van der Waals surface area contributed by atoms with Crippen LogP contribution in [-0.2, 0) is 0 Å². The summed E-state index contributed by atoms with van der Waals surface area (Å²) >= 11 is 0. The van der Waals surface area contributed by atoms with E-state index >= 15 is 0 Å². The predicted molar refractivity (Wildman–Crippen MR) is 104 cm³/mol. The van der Waals surface area contributed by atoms with Crippen LogP contribution in [0.3, 0.4) is 0 Å². The second-order valence-corrected chi connectivity index (χ2v) is 6.08. The number of aromatic nitrogens is 1. The van der Waals surface area contributed by atoms with Crippen molar-refractivity contribution in [2.24, 2.45) is 0 Å². The fourth-order valence-electron chi connectivity index (χ4n) is 3.07. The third-order valence-corrected chi connectivity index (χ3v) is 4.43. The van der Waals surface area contributed by atoms with E-state index in [4.69, 9.17) is 4.74 Å². The standard InChI is InChI=1S/C20H24N4O2/c1-3-8-22-17-13-16(14-21-15-17)20(25)24-11-9-23(10-12-24)18-6-4-5-7-19(18)26-2/h3-7,13-15,22H,1,8-12H2,2H3. The van der Waals surface area contributed by atoms with E-state index in [-0.39, 0.29) is 5.91 Å². The van der Waals surface area contributed by atoms with Crippen LogP contribution in [0.1, 0.15) is 10.4 Å². The van der Waals surface area contributed by atoms with Crippen LogP contribution >= 0.6 is 0 Å². The number of hydrogen-bond acceptors (Lipinski definition) is 5. The largest absolute Gasteiger partial charge is 0.495 e. The highest BCUT2D eigenvalue weighted by Crippen LogP contribution is 2.28. The van der Waals surface area contributed by atoms with E-state index in [9.17, 15) is 4.79 Å². The molecule has 0 spiro atoms. The summed E-state index contributed by atoms with van der Waals surface area (Å²) in [4.78, 5) is 21.1. The van der Waals surface area contributed by atoms with Gasteiger partial charge in [-0.25, -0.2) is 0 Å². The van der Waals surface area contributed by atoms with Crippen LogP contribution in [0.5, 0.6) is 5.75 Å². The van der Waals surface area contributed by atoms with Crippen molar-refractivity contribution < 1.29 is 9.53 Å². The molecule has 1 aliphatic rings. The molecule has 2 heterocycles. The summed E-state index contributed by atoms with van der Waals surface area (Å²) < 4.78 is 5.44. The number of carbonyl (C=O) groups is 1. The first-order valence-electron chi connectivity index (χ1n) is 8.70. The summed E-state index contributed by atoms with van der Waals surface area (Å²) in [6.45, 7) is 7.19. The fourth-order valence-corrected chi connectivity index (χ4v) is 3.07. The highest BCUT2D eigenvalue weighted by atomic mass is 16.5. The Morgan fingerprint density at radius 2 is 2.04 bits per heavy atom. The maximum Gasteiger partial charge on any atom is 0.255 e. The lowest BCUT2D eigenvalue weighted by Gasteiger charge is -2.36. The van der Waals surface area contributed by atoms with Gasteiger partial charge < -0.3 is 19.9 Å². The van der Waals surface area contributed by atoms with Crippen LogP contribution < -0.4 is 15.0 Å². The number of para-hydroxylation sites is 2. The van der Waals surface area contributed by atoms with Crippen molar-refractivity contribution in [3.63, 3.8) is 0 Å². The molecule has 2 aromatic rings. The zero-order chi connectivity index (χ0) is 18.4. The van der Waals surface area contributed by atoms with Crippen molar-refractivity contribution in [2.45, 2.75) is 0 Å². The van der Waals surface area contributed by atoms with Gasteiger partial charge in [0, 0.05) is 45.1 Å². The molecule has 6 nitrogen and oxygen atoms in total. The quantitative estimate of drug-likeness (QED) is 0.810. The van der Waals surface area contributed by atoms with Crippen molar-refractivity contribution in [1.29, 1.82) is 0 Å². The molecule has 1 saturated heterocycles. The third-order valence-electron chi connectivity index (χ3n) is 4.43. The van der Waals surface area contributed by atoms with Gasteiger partial charge in [-0.1, -0.05) is 18.2 Å². The number of piperazine rings is 1. The molecule has 0 unspecified atom stereocenters. The molecule has 1 aliphatic heterocycles. The Bertz CT molecular complexity index is 770. The molecule has 1 N–H and O–H groups in total. The lowest BCUT2D eigenvalue weighted by molar-refractivity contribution is 0.0746. The Kier molecular flexibility index (Phi) is 5.73. The van der Waals surface area contributed by atoms with E-state index < -0.39 is 0 Å². The number of nitrogens with zero attached hydrogens (tertiary/aromatic N) is 3. The molecular formula is C20H24N4O2. The number of methoxy groups -OCH3 is 1. The average molecular weight is 352 g/mol. The van der Waals surface area contributed by atoms with Crippen molar-refractivity contribution in [3.05, 3.63) is 60.9 Å². The summed E-state index contributed by atoms with van der Waals surface area (Å²) in [5, 5.41) is 3.16. The Balaban J connectivity index is 1.64. The van der Waals surface area contributed by atoms with Gasteiger partial charge in [-0.2, -0.15) is 0 Å². The van der Waals surface area contributed by atoms with Gasteiger partial charge in [-0.3, -0.25) is 9.78 Å². The lowest BCUT2D eigenvalue weighted by Crippen LogP contribution is -2.48. The van der Waals surface area contributed by atoms with Gasteiger partial charge in [0.1, 0.15) is 5.75 Å². The minimum Gasteiger partial charge on any atom is -0.495 e. The SMILES string of the molecule is C=CCNc1cncc(C(=O)N2CCN(c3ccccc3OC)CC2)c1. The Labute approximate surface area is 154 Å². The predicted octanol–water partition coefficient (Wildman–Crippen LogP) is 2.65. The number of pyridine rings is 1. The van der Waals surface area contributed by atoms with Crippen molar-refractivity contribution in [2.75, 3.05) is 50.1 Å². The topological polar surface area (TPSA) is 57.7 Å². The number of rotatable bonds is 6. The van der Waals surface area contributed by atoms with E-state index in [1.165, 1.54) is 0 Å². The van der Waals surface area contributed by atoms with Gasteiger partial charge >= 0.3 is 0 Å². The highest BCUT2D eigenvalue weighted by molar-refractivity contribution is 5.95. The maximum absolute atomic E-state index is 12.8. The van der Waals surface area contributed by atoms with Crippen LogP contribution in [0.15, 0.2) is 55.4 Å². The average Bonchev–Trinajstić information content (AvgIpc) is 2.72. The lowest BCUT2D eigenvalue weighted by atomic mass is 10.2. The van der Waals surface area contributed by atoms with Gasteiger partial charge in [-0.15, -0.1) is 6.58 Å². The summed E-state index contributed by atoms with van der Waals surface area (Å²) in [5.74, 6) is 0.872. The second kappa shape index (κ2) is 8.38. The van der Waals surface area contributed by atoms with E-state index in [0.717, 1.165) is 30.2 Å². The second-order valence-electron chi connectivity index (χ2n) is 6.08. The van der Waals surface area contributed by atoms with Crippen molar-refractivity contribution in [3.8, 4) is 5.75 Å². The highest BCUT2D eigenvalue weighted by Gasteiger charge is 2.24. The number of nitrogens with one attached hydrogen (secondary N) is 1. The molecule has 0 bridgehead atoms. The number of carbonyl (C=O) groups excluding carboxylic acids is 1. The zero-order valence-electron chi connectivity index (χ0n) is 15.0. The Hall–Kier alpha value is -3.02. The maximum atomic E-state index is 12.8. The van der Waals surface area contributed by atoms with Gasteiger partial charge in [0.25, 0.3) is 5.91 Å². The molecule has 0 radical (unpaired) electrons. The molecule has 26 heavy (non-hydrogen) atoms. The number of ether oxygens (including phenoxy) is 1. The van der Waals surface area contributed by atoms with Gasteiger partial charge in [0.2, 0.25) is 0 Å². The Morgan fingerprint density at radius 3 is 2.77 bits per heavy atom. The molecule has 1 amide bonds. The van der Waals surface area contributed by atoms with E-state index in [0.29, 0.717) is 25.2 Å². The Morgan fingerprint density at radius 1 is 1.27 bits per heavy atom. The molecule has 1 fully saturated rings. The van der Waals surface area contributed by atoms with Gasteiger partial charge in [0.05, 0.1) is 24.0 Å². The third kappa shape index (κ3) is 3.96. The normalized spacial score (nSPS) is 14.0. The van der Waals surface area contributed by atoms with Crippen LogP contribution in [0.2, 0.25) is 0 Å². The molecule has 136 valence electrons. The van der Waals surface area contributed by atoms with E-state index in [1.807, 2.05) is 29.2 Å². The van der Waals surface area contributed by atoms with Crippen molar-refractivity contribution in [1.82, 2.24) is 9.88 Å². The molecule has 0 saturated carbocycles. The van der Waals surface area contributed by atoms with Crippen molar-refractivity contribution >= 4 is 17.3 Å². The van der Waals surface area contributed by atoms with Gasteiger partial charge in [0.15, 0.2) is 0 Å². The molecule has 1 aromatic heterocycles. The van der Waals surface area contributed by atoms with E-state index in [2.05, 4.69) is 27.8 Å². The van der Waals surface area contributed by atoms with E-state index in [1.54, 1.807) is 25.6 Å². The minimum atomic E-state index is 0.0134. The molecular weight excluding hydrogens is 328 g/mol. The summed E-state index contributed by atoms with van der Waals surface area (Å²) in [7, 11) is 1.68. The number of hydrogen-bond donors (Lipinski definition) is 1. The first-order chi connectivity index (χ1) is 12.7. The molecule has 6 heteroatoms. The van der Waals surface area contributed by atoms with Crippen LogP contribution in [0.25, 0.3) is 0 Å². The van der Waals surface area contributed by atoms with Crippen LogP contribution in [0.4, 0.5) is 11.4 Å². The van der Waals surface area contributed by atoms with Crippen LogP contribution in [0, 0.1) is 0 Å². The summed E-state index contributed by atoms with van der Waals surface area (Å²) in [5.41, 5.74) is 2.49. The first-order valence-corrected chi connectivity index (χ1v) is 8.70. The zero-order valence-corrected chi connectivity index (χ0v) is 15.0. The minimum absolute atomic E-state index is 0.0134. The first kappa shape index (κ1) is 17.8. The fraction of sp³-hybridized carbons (Fsp3) is 0.300. The summed E-state index contributed by atoms with van der Waals surface area (Å²) in [6, 6.07) is 9.81. The number of amides is 1. The van der Waals surface area contributed by atoms with Gasteiger partial charge in [-0.05, 0) is 18.2 Å². The summed E-state index contributed by atoms with van der Waals surface area (Å²) in [6.07, 6.45) is 5.10. The molecule has 0 atom stereocenters. The molecule has 0 aliphatic carbocycles. The number of benzene rings is 1. The molecule has 3 rings (SSSR count). The number of anilines is 2. The monoisotopic (exact) mass is 352 g/mol. The smallest absolute Gasteiger partial charge is 0.255 e.